The molecule has 2 nitrogen and oxygen atoms in total. The summed E-state index contributed by atoms with van der Waals surface area (Å²) >= 11 is 0. The van der Waals surface area contributed by atoms with E-state index in [0.29, 0.717) is 6.92 Å². The fourth-order valence-corrected chi connectivity index (χ4v) is 1.85. The van der Waals surface area contributed by atoms with Gasteiger partial charge >= 0.3 is 12.4 Å². The van der Waals surface area contributed by atoms with Gasteiger partial charge in [0.1, 0.15) is 0 Å². The fourth-order valence-electron chi connectivity index (χ4n) is 1.85. The maximum Gasteiger partial charge on any atom is 0.412 e. The number of anilines is 1. The molecule has 118 valence electrons. The zero-order chi connectivity index (χ0) is 16.5. The first kappa shape index (κ1) is 17.3. The van der Waals surface area contributed by atoms with E-state index in [1.807, 2.05) is 0 Å². The van der Waals surface area contributed by atoms with E-state index in [0.717, 1.165) is 5.56 Å². The Hall–Kier alpha value is -1.73. The molecule has 8 heteroatoms. The van der Waals surface area contributed by atoms with Crippen molar-refractivity contribution in [2.45, 2.75) is 32.6 Å². The van der Waals surface area contributed by atoms with Crippen molar-refractivity contribution < 1.29 is 31.1 Å². The summed E-state index contributed by atoms with van der Waals surface area (Å²) in [5.74, 6) is -2.13. The van der Waals surface area contributed by atoms with Crippen molar-refractivity contribution in [3.05, 3.63) is 29.8 Å². The summed E-state index contributed by atoms with van der Waals surface area (Å²) in [6.45, 7) is 2.36. The Morgan fingerprint density at radius 2 is 1.43 bits per heavy atom. The first-order valence-corrected chi connectivity index (χ1v) is 5.97. The van der Waals surface area contributed by atoms with Crippen LogP contribution in [0.2, 0.25) is 0 Å². The van der Waals surface area contributed by atoms with Gasteiger partial charge in [0.05, 0.1) is 0 Å². The Balaban J connectivity index is 3.21. The molecular weight excluding hydrogens is 300 g/mol. The number of carbonyl (C=O) groups excluding carboxylic acids is 1. The van der Waals surface area contributed by atoms with Crippen LogP contribution in [-0.2, 0) is 4.79 Å². The average molecular weight is 313 g/mol. The van der Waals surface area contributed by atoms with E-state index < -0.39 is 30.1 Å². The third-order valence-corrected chi connectivity index (χ3v) is 3.20. The number of rotatable bonds is 3. The molecule has 0 spiro atoms. The maximum absolute atomic E-state index is 12.9. The van der Waals surface area contributed by atoms with Crippen molar-refractivity contribution in [3.8, 4) is 0 Å². The van der Waals surface area contributed by atoms with E-state index in [-0.39, 0.29) is 5.69 Å². The fraction of sp³-hybridized carbons (Fsp3) is 0.462. The highest BCUT2D eigenvalue weighted by Gasteiger charge is 2.74. The van der Waals surface area contributed by atoms with Crippen molar-refractivity contribution in [2.75, 3.05) is 5.32 Å². The van der Waals surface area contributed by atoms with E-state index in [1.165, 1.54) is 24.3 Å². The smallest absolute Gasteiger partial charge is 0.325 e. The van der Waals surface area contributed by atoms with E-state index in [9.17, 15) is 31.1 Å². The molecule has 0 aromatic heterocycles. The molecule has 0 bridgehead atoms. The summed E-state index contributed by atoms with van der Waals surface area (Å²) in [4.78, 5) is 11.7. The second-order valence-corrected chi connectivity index (χ2v) is 4.57. The highest BCUT2D eigenvalue weighted by Crippen LogP contribution is 2.53. The molecule has 0 heterocycles. The van der Waals surface area contributed by atoms with Crippen LogP contribution in [0.15, 0.2) is 24.3 Å². The summed E-state index contributed by atoms with van der Waals surface area (Å²) in [6, 6.07) is 5.40. The van der Waals surface area contributed by atoms with Gasteiger partial charge in [0.25, 0.3) is 0 Å². The molecule has 1 rings (SSSR count). The van der Waals surface area contributed by atoms with Crippen molar-refractivity contribution in [2.24, 2.45) is 5.41 Å². The largest absolute Gasteiger partial charge is 0.412 e. The summed E-state index contributed by atoms with van der Waals surface area (Å²) in [5.41, 5.74) is -3.80. The zero-order valence-corrected chi connectivity index (χ0v) is 11.2. The van der Waals surface area contributed by atoms with Crippen LogP contribution in [0, 0.1) is 12.3 Å². The van der Waals surface area contributed by atoms with Crippen LogP contribution < -0.4 is 5.32 Å². The van der Waals surface area contributed by atoms with Gasteiger partial charge in [0.15, 0.2) is 0 Å². The minimum Gasteiger partial charge on any atom is -0.325 e. The lowest BCUT2D eigenvalue weighted by Gasteiger charge is -2.34. The molecule has 0 saturated heterocycles. The Kier molecular flexibility index (Phi) is 4.60. The predicted octanol–water partition coefficient (Wildman–Crippen LogP) is 4.45. The van der Waals surface area contributed by atoms with Crippen LogP contribution in [-0.4, -0.2) is 18.3 Å². The zero-order valence-electron chi connectivity index (χ0n) is 11.2. The Morgan fingerprint density at radius 1 is 1.00 bits per heavy atom. The first-order chi connectivity index (χ1) is 9.45. The molecule has 0 aliphatic rings. The number of carbonyl (C=O) groups is 1. The van der Waals surface area contributed by atoms with Gasteiger partial charge < -0.3 is 5.32 Å². The molecule has 0 aliphatic heterocycles. The van der Waals surface area contributed by atoms with Crippen molar-refractivity contribution in [1.82, 2.24) is 0 Å². The standard InChI is InChI=1S/C13H13F6NO/c1-3-11(12(14,15)16,13(17,18)19)10(21)20-9-6-4-8(2)5-7-9/h4-7H,3H2,1-2H3,(H,20,21). The molecule has 0 atom stereocenters. The van der Waals surface area contributed by atoms with E-state index in [1.54, 1.807) is 12.2 Å². The van der Waals surface area contributed by atoms with Gasteiger partial charge in [-0.25, -0.2) is 0 Å². The van der Waals surface area contributed by atoms with Crippen LogP contribution in [0.5, 0.6) is 0 Å². The lowest BCUT2D eigenvalue weighted by Crippen LogP contribution is -2.57. The van der Waals surface area contributed by atoms with Crippen LogP contribution in [0.1, 0.15) is 18.9 Å². The van der Waals surface area contributed by atoms with Gasteiger partial charge in [-0.2, -0.15) is 26.3 Å². The lowest BCUT2D eigenvalue weighted by atomic mass is 9.82. The lowest BCUT2D eigenvalue weighted by molar-refractivity contribution is -0.324. The average Bonchev–Trinajstić information content (AvgIpc) is 2.29. The van der Waals surface area contributed by atoms with Gasteiger partial charge in [0.2, 0.25) is 11.3 Å². The predicted molar refractivity (Wildman–Crippen MR) is 64.6 cm³/mol. The Morgan fingerprint density at radius 3 is 1.76 bits per heavy atom. The number of amides is 1. The second kappa shape index (κ2) is 5.57. The SMILES string of the molecule is CCC(C(=O)Nc1ccc(C)cc1)(C(F)(F)F)C(F)(F)F. The van der Waals surface area contributed by atoms with Crippen LogP contribution in [0.3, 0.4) is 0 Å². The molecule has 1 amide bonds. The third kappa shape index (κ3) is 3.14. The number of hydrogen-bond donors (Lipinski definition) is 1. The molecule has 1 aromatic carbocycles. The van der Waals surface area contributed by atoms with Gasteiger partial charge in [-0.15, -0.1) is 0 Å². The first-order valence-electron chi connectivity index (χ1n) is 5.97. The van der Waals surface area contributed by atoms with Crippen molar-refractivity contribution >= 4 is 11.6 Å². The molecular formula is C13H13F6NO. The number of aryl methyl sites for hydroxylation is 1. The summed E-state index contributed by atoms with van der Waals surface area (Å²) in [7, 11) is 0. The monoisotopic (exact) mass is 313 g/mol. The van der Waals surface area contributed by atoms with Gasteiger partial charge in [-0.3, -0.25) is 4.79 Å². The number of nitrogens with one attached hydrogen (secondary N) is 1. The number of benzene rings is 1. The van der Waals surface area contributed by atoms with Crippen LogP contribution in [0.4, 0.5) is 32.0 Å². The maximum atomic E-state index is 12.9. The number of hydrogen-bond acceptors (Lipinski definition) is 1. The quantitative estimate of drug-likeness (QED) is 0.821. The summed E-state index contributed by atoms with van der Waals surface area (Å²) < 4.78 is 77.4. The van der Waals surface area contributed by atoms with Gasteiger partial charge in [0, 0.05) is 5.69 Å². The van der Waals surface area contributed by atoms with Gasteiger partial charge in [-0.05, 0) is 25.5 Å². The normalized spacial score (nSPS) is 13.1. The van der Waals surface area contributed by atoms with Gasteiger partial charge in [-0.1, -0.05) is 24.6 Å². The molecule has 0 saturated carbocycles. The number of alkyl halides is 6. The highest BCUT2D eigenvalue weighted by atomic mass is 19.4. The minimum atomic E-state index is -5.74. The topological polar surface area (TPSA) is 29.1 Å². The second-order valence-electron chi connectivity index (χ2n) is 4.57. The van der Waals surface area contributed by atoms with E-state index in [4.69, 9.17) is 0 Å². The third-order valence-electron chi connectivity index (χ3n) is 3.20. The van der Waals surface area contributed by atoms with E-state index >= 15 is 0 Å². The molecule has 0 radical (unpaired) electrons. The van der Waals surface area contributed by atoms with Crippen LogP contribution >= 0.6 is 0 Å². The number of halogens is 6. The molecule has 0 unspecified atom stereocenters. The van der Waals surface area contributed by atoms with Crippen molar-refractivity contribution in [3.63, 3.8) is 0 Å². The molecule has 0 fully saturated rings. The molecule has 1 N–H and O–H groups in total. The Bertz CT molecular complexity index is 489. The molecule has 1 aromatic rings. The highest BCUT2D eigenvalue weighted by molar-refractivity contribution is 5.96. The summed E-state index contributed by atoms with van der Waals surface area (Å²) in [6.07, 6.45) is -12.9. The summed E-state index contributed by atoms with van der Waals surface area (Å²) in [5, 5.41) is 1.70. The minimum absolute atomic E-state index is 0.128. The van der Waals surface area contributed by atoms with Crippen LogP contribution in [0.25, 0.3) is 0 Å². The Labute approximate surface area is 117 Å². The van der Waals surface area contributed by atoms with Crippen molar-refractivity contribution in [1.29, 1.82) is 0 Å². The molecule has 0 aliphatic carbocycles. The molecule has 21 heavy (non-hydrogen) atoms. The van der Waals surface area contributed by atoms with E-state index in [2.05, 4.69) is 0 Å².